The van der Waals surface area contributed by atoms with Crippen molar-refractivity contribution in [1.82, 2.24) is 9.97 Å². The highest BCUT2D eigenvalue weighted by atomic mass is 19.1. The van der Waals surface area contributed by atoms with E-state index in [1.54, 1.807) is 0 Å². The molecule has 2 aromatic rings. The molecule has 1 aliphatic carbocycles. The van der Waals surface area contributed by atoms with E-state index < -0.39 is 28.7 Å². The van der Waals surface area contributed by atoms with Gasteiger partial charge in [-0.3, -0.25) is 9.59 Å². The van der Waals surface area contributed by atoms with E-state index in [2.05, 4.69) is 9.97 Å². The smallest absolute Gasteiger partial charge is 0.218 e. The number of carbonyl (C=O) groups excluding carboxylic acids is 2. The van der Waals surface area contributed by atoms with Crippen molar-refractivity contribution in [3.05, 3.63) is 52.9 Å². The van der Waals surface area contributed by atoms with Gasteiger partial charge in [-0.15, -0.1) is 0 Å². The molecule has 6 heteroatoms. The Morgan fingerprint density at radius 1 is 0.944 bits per heavy atom. The summed E-state index contributed by atoms with van der Waals surface area (Å²) in [5.41, 5.74) is -1.17. The zero-order valence-electron chi connectivity index (χ0n) is 8.85. The zero-order chi connectivity index (χ0) is 12.9. The van der Waals surface area contributed by atoms with Crippen molar-refractivity contribution >= 4 is 11.6 Å². The molecule has 0 saturated carbocycles. The van der Waals surface area contributed by atoms with Gasteiger partial charge in [0.15, 0.2) is 0 Å². The molecule has 1 aromatic carbocycles. The largest absolute Gasteiger partial charge is 0.507 e. The Morgan fingerprint density at radius 3 is 2.11 bits per heavy atom. The van der Waals surface area contributed by atoms with Crippen molar-refractivity contribution in [3.63, 3.8) is 0 Å². The second-order valence-electron chi connectivity index (χ2n) is 3.73. The average molecular weight is 244 g/mol. The molecule has 0 amide bonds. The molecule has 5 nitrogen and oxygen atoms in total. The standard InChI is InChI=1S/C12H5FN2O3/c13-5-1-2-6(16)8-7(5)11(17)9-10(12(8)18)15-4-3-14-9/h1-4,16H. The molecule has 1 aliphatic rings. The monoisotopic (exact) mass is 244 g/mol. The number of fused-ring (bicyclic) bond motifs is 2. The Balaban J connectivity index is 2.41. The molecule has 1 aromatic heterocycles. The van der Waals surface area contributed by atoms with Crippen LogP contribution in [-0.2, 0) is 0 Å². The lowest BCUT2D eigenvalue weighted by Crippen LogP contribution is -2.24. The molecule has 88 valence electrons. The Bertz CT molecular complexity index is 652. The van der Waals surface area contributed by atoms with Gasteiger partial charge < -0.3 is 5.11 Å². The van der Waals surface area contributed by atoms with Crippen molar-refractivity contribution in [1.29, 1.82) is 0 Å². The van der Waals surface area contributed by atoms with Crippen molar-refractivity contribution < 1.29 is 19.1 Å². The summed E-state index contributed by atoms with van der Waals surface area (Å²) < 4.78 is 13.6. The van der Waals surface area contributed by atoms with Crippen LogP contribution in [0.5, 0.6) is 5.75 Å². The number of phenols is 1. The van der Waals surface area contributed by atoms with Crippen molar-refractivity contribution in [3.8, 4) is 5.75 Å². The van der Waals surface area contributed by atoms with Crippen LogP contribution >= 0.6 is 0 Å². The maximum Gasteiger partial charge on any atom is 0.218 e. The van der Waals surface area contributed by atoms with Crippen LogP contribution in [-0.4, -0.2) is 26.6 Å². The minimum absolute atomic E-state index is 0.170. The van der Waals surface area contributed by atoms with Crippen LogP contribution in [0.15, 0.2) is 24.5 Å². The molecular formula is C12H5FN2O3. The SMILES string of the molecule is O=C1c2nccnc2C(=O)c2c(F)ccc(O)c21. The van der Waals surface area contributed by atoms with E-state index >= 15 is 0 Å². The molecule has 0 fully saturated rings. The number of halogens is 1. The highest BCUT2D eigenvalue weighted by Crippen LogP contribution is 2.32. The second kappa shape index (κ2) is 3.43. The number of hydrogen-bond donors (Lipinski definition) is 1. The lowest BCUT2D eigenvalue weighted by atomic mass is 9.88. The van der Waals surface area contributed by atoms with E-state index in [9.17, 15) is 19.1 Å². The van der Waals surface area contributed by atoms with Crippen molar-refractivity contribution in [2.45, 2.75) is 0 Å². The first kappa shape index (κ1) is 10.5. The van der Waals surface area contributed by atoms with E-state index in [1.807, 2.05) is 0 Å². The molecule has 0 unspecified atom stereocenters. The van der Waals surface area contributed by atoms with E-state index in [4.69, 9.17) is 0 Å². The molecule has 0 aliphatic heterocycles. The fraction of sp³-hybridized carbons (Fsp3) is 0. The van der Waals surface area contributed by atoms with Gasteiger partial charge in [-0.25, -0.2) is 14.4 Å². The number of aromatic hydroxyl groups is 1. The normalized spacial score (nSPS) is 13.2. The molecule has 1 heterocycles. The van der Waals surface area contributed by atoms with Crippen LogP contribution in [0, 0.1) is 5.82 Å². The number of hydrogen-bond acceptors (Lipinski definition) is 5. The van der Waals surface area contributed by atoms with Crippen LogP contribution in [0.1, 0.15) is 32.1 Å². The Labute approximate surface area is 99.9 Å². The molecule has 0 bridgehead atoms. The maximum atomic E-state index is 13.6. The first-order valence-electron chi connectivity index (χ1n) is 5.03. The van der Waals surface area contributed by atoms with Crippen LogP contribution in [0.25, 0.3) is 0 Å². The number of nitrogens with zero attached hydrogens (tertiary/aromatic N) is 2. The number of rotatable bonds is 0. The number of ketones is 2. The summed E-state index contributed by atoms with van der Waals surface area (Å²) in [6, 6.07) is 1.96. The van der Waals surface area contributed by atoms with Gasteiger partial charge in [-0.05, 0) is 12.1 Å². The van der Waals surface area contributed by atoms with E-state index in [1.165, 1.54) is 12.4 Å². The van der Waals surface area contributed by atoms with E-state index in [0.29, 0.717) is 0 Å². The topological polar surface area (TPSA) is 80.2 Å². The third kappa shape index (κ3) is 1.20. The lowest BCUT2D eigenvalue weighted by Gasteiger charge is -2.16. The highest BCUT2D eigenvalue weighted by molar-refractivity contribution is 6.27. The molecule has 3 rings (SSSR count). The van der Waals surface area contributed by atoms with Gasteiger partial charge in [-0.2, -0.15) is 0 Å². The molecule has 0 saturated heterocycles. The van der Waals surface area contributed by atoms with Crippen LogP contribution in [0.2, 0.25) is 0 Å². The third-order valence-electron chi connectivity index (χ3n) is 2.72. The van der Waals surface area contributed by atoms with Crippen molar-refractivity contribution in [2.24, 2.45) is 0 Å². The molecule has 1 N–H and O–H groups in total. The van der Waals surface area contributed by atoms with Gasteiger partial charge >= 0.3 is 0 Å². The fourth-order valence-electron chi connectivity index (χ4n) is 1.93. The Kier molecular flexibility index (Phi) is 2.00. The van der Waals surface area contributed by atoms with Crippen LogP contribution in [0.4, 0.5) is 4.39 Å². The van der Waals surface area contributed by atoms with Gasteiger partial charge in [0.25, 0.3) is 0 Å². The van der Waals surface area contributed by atoms with Crippen molar-refractivity contribution in [2.75, 3.05) is 0 Å². The van der Waals surface area contributed by atoms with Gasteiger partial charge in [0.2, 0.25) is 11.6 Å². The van der Waals surface area contributed by atoms with Crippen LogP contribution < -0.4 is 0 Å². The van der Waals surface area contributed by atoms with E-state index in [-0.39, 0.29) is 17.0 Å². The Hall–Kier alpha value is -2.63. The number of aromatic nitrogens is 2. The summed E-state index contributed by atoms with van der Waals surface area (Å²) in [4.78, 5) is 31.6. The molecular weight excluding hydrogens is 239 g/mol. The molecule has 0 atom stereocenters. The number of carbonyl (C=O) groups is 2. The quantitative estimate of drug-likeness (QED) is 0.640. The third-order valence-corrected chi connectivity index (χ3v) is 2.72. The molecule has 0 radical (unpaired) electrons. The first-order valence-corrected chi connectivity index (χ1v) is 5.03. The predicted octanol–water partition coefficient (Wildman–Crippen LogP) is 1.10. The zero-order valence-corrected chi connectivity index (χ0v) is 8.85. The van der Waals surface area contributed by atoms with Gasteiger partial charge in [0, 0.05) is 12.4 Å². The maximum absolute atomic E-state index is 13.6. The highest BCUT2D eigenvalue weighted by Gasteiger charge is 2.36. The summed E-state index contributed by atoms with van der Waals surface area (Å²) in [5, 5.41) is 9.61. The summed E-state index contributed by atoms with van der Waals surface area (Å²) in [7, 11) is 0. The second-order valence-corrected chi connectivity index (χ2v) is 3.73. The minimum Gasteiger partial charge on any atom is -0.507 e. The molecule has 0 spiro atoms. The number of benzene rings is 1. The van der Waals surface area contributed by atoms with E-state index in [0.717, 1.165) is 12.1 Å². The molecule has 18 heavy (non-hydrogen) atoms. The summed E-state index contributed by atoms with van der Waals surface area (Å²) in [6.45, 7) is 0. The fourth-order valence-corrected chi connectivity index (χ4v) is 1.93. The summed E-state index contributed by atoms with van der Waals surface area (Å²) in [6.07, 6.45) is 2.50. The average Bonchev–Trinajstić information content (AvgIpc) is 2.38. The minimum atomic E-state index is -0.863. The first-order chi connectivity index (χ1) is 8.61. The van der Waals surface area contributed by atoms with Gasteiger partial charge in [0.05, 0.1) is 11.1 Å². The number of phenolic OH excluding ortho intramolecular Hbond substituents is 1. The van der Waals surface area contributed by atoms with Gasteiger partial charge in [0.1, 0.15) is 23.0 Å². The lowest BCUT2D eigenvalue weighted by molar-refractivity contribution is 0.0965. The van der Waals surface area contributed by atoms with Crippen LogP contribution in [0.3, 0.4) is 0 Å². The summed E-state index contributed by atoms with van der Waals surface area (Å²) >= 11 is 0. The predicted molar refractivity (Wildman–Crippen MR) is 57.0 cm³/mol. The van der Waals surface area contributed by atoms with Gasteiger partial charge in [-0.1, -0.05) is 0 Å². The summed E-state index contributed by atoms with van der Waals surface area (Å²) in [5.74, 6) is -2.76. The Morgan fingerprint density at radius 2 is 1.50 bits per heavy atom.